The number of rotatable bonds is 5. The molecule has 0 aromatic heterocycles. The highest BCUT2D eigenvalue weighted by Crippen LogP contribution is 2.43. The SMILES string of the molecule is NC(=O)OC(Cc1ccccc1)C1Cc2cccc(-c3cc(Cl)ccc3Cl)c2O1. The minimum atomic E-state index is -0.816. The second-order valence-corrected chi connectivity index (χ2v) is 7.79. The number of benzene rings is 3. The third kappa shape index (κ3) is 4.34. The van der Waals surface area contributed by atoms with E-state index in [1.807, 2.05) is 54.6 Å². The lowest BCUT2D eigenvalue weighted by molar-refractivity contribution is 0.0308. The van der Waals surface area contributed by atoms with Crippen LogP contribution < -0.4 is 10.5 Å². The number of fused-ring (bicyclic) bond motifs is 1. The van der Waals surface area contributed by atoms with Gasteiger partial charge >= 0.3 is 6.09 Å². The van der Waals surface area contributed by atoms with Crippen molar-refractivity contribution >= 4 is 29.3 Å². The summed E-state index contributed by atoms with van der Waals surface area (Å²) in [6.07, 6.45) is -0.563. The van der Waals surface area contributed by atoms with E-state index < -0.39 is 12.2 Å². The predicted molar refractivity (Wildman–Crippen MR) is 115 cm³/mol. The molecule has 1 heterocycles. The van der Waals surface area contributed by atoms with Crippen molar-refractivity contribution in [3.63, 3.8) is 0 Å². The van der Waals surface area contributed by atoms with Crippen molar-refractivity contribution in [3.05, 3.63) is 87.9 Å². The average molecular weight is 428 g/mol. The summed E-state index contributed by atoms with van der Waals surface area (Å²) < 4.78 is 11.7. The summed E-state index contributed by atoms with van der Waals surface area (Å²) in [4.78, 5) is 11.5. The van der Waals surface area contributed by atoms with Crippen LogP contribution in [0.4, 0.5) is 4.79 Å². The van der Waals surface area contributed by atoms with E-state index in [2.05, 4.69) is 0 Å². The molecule has 2 N–H and O–H groups in total. The zero-order valence-corrected chi connectivity index (χ0v) is 17.0. The molecule has 0 aliphatic carbocycles. The Balaban J connectivity index is 1.65. The maximum absolute atomic E-state index is 11.5. The Morgan fingerprint density at radius 1 is 1.07 bits per heavy atom. The number of hydrogen-bond acceptors (Lipinski definition) is 3. The first kappa shape index (κ1) is 19.6. The van der Waals surface area contributed by atoms with Crippen LogP contribution in [0.3, 0.4) is 0 Å². The third-order valence-electron chi connectivity index (χ3n) is 4.97. The van der Waals surface area contributed by atoms with Crippen LogP contribution in [0.5, 0.6) is 5.75 Å². The number of hydrogen-bond donors (Lipinski definition) is 1. The normalized spacial score (nSPS) is 16.0. The summed E-state index contributed by atoms with van der Waals surface area (Å²) in [5.74, 6) is 0.729. The molecule has 1 amide bonds. The van der Waals surface area contributed by atoms with Crippen molar-refractivity contribution in [1.29, 1.82) is 0 Å². The first-order valence-corrected chi connectivity index (χ1v) is 10.0. The van der Waals surface area contributed by atoms with Crippen molar-refractivity contribution in [3.8, 4) is 16.9 Å². The molecular weight excluding hydrogens is 409 g/mol. The van der Waals surface area contributed by atoms with Crippen LogP contribution in [0.2, 0.25) is 10.0 Å². The largest absolute Gasteiger partial charge is 0.485 e. The van der Waals surface area contributed by atoms with E-state index in [1.54, 1.807) is 12.1 Å². The van der Waals surface area contributed by atoms with Gasteiger partial charge in [0, 0.05) is 34.0 Å². The summed E-state index contributed by atoms with van der Waals surface area (Å²) in [5.41, 5.74) is 9.04. The number of para-hydroxylation sites is 1. The summed E-state index contributed by atoms with van der Waals surface area (Å²) in [6, 6.07) is 21.0. The molecule has 0 spiro atoms. The van der Waals surface area contributed by atoms with Crippen LogP contribution in [0.25, 0.3) is 11.1 Å². The quantitative estimate of drug-likeness (QED) is 0.570. The Morgan fingerprint density at radius 3 is 2.62 bits per heavy atom. The maximum atomic E-state index is 11.5. The lowest BCUT2D eigenvalue weighted by Crippen LogP contribution is -2.38. The minimum Gasteiger partial charge on any atom is -0.485 e. The number of ether oxygens (including phenoxy) is 2. The van der Waals surface area contributed by atoms with Gasteiger partial charge in [0.1, 0.15) is 18.0 Å². The standard InChI is InChI=1S/C23H19Cl2NO3/c24-16-9-10-19(25)18(13-16)17-8-4-7-15-12-21(28-22(15)17)20(29-23(26)27)11-14-5-2-1-3-6-14/h1-10,13,20-21H,11-12H2,(H2,26,27). The van der Waals surface area contributed by atoms with Gasteiger partial charge in [-0.25, -0.2) is 4.79 Å². The number of primary amides is 1. The van der Waals surface area contributed by atoms with Crippen molar-refractivity contribution in [2.24, 2.45) is 5.73 Å². The zero-order chi connectivity index (χ0) is 20.4. The van der Waals surface area contributed by atoms with Gasteiger partial charge in [-0.15, -0.1) is 0 Å². The molecule has 0 saturated carbocycles. The van der Waals surface area contributed by atoms with Gasteiger partial charge in [-0.2, -0.15) is 0 Å². The highest BCUT2D eigenvalue weighted by Gasteiger charge is 2.34. The smallest absolute Gasteiger partial charge is 0.404 e. The average Bonchev–Trinajstić information content (AvgIpc) is 3.14. The van der Waals surface area contributed by atoms with E-state index in [-0.39, 0.29) is 6.10 Å². The highest BCUT2D eigenvalue weighted by atomic mass is 35.5. The van der Waals surface area contributed by atoms with Gasteiger partial charge in [0.05, 0.1) is 0 Å². The molecule has 6 heteroatoms. The summed E-state index contributed by atoms with van der Waals surface area (Å²) in [5, 5.41) is 1.18. The van der Waals surface area contributed by atoms with Crippen molar-refractivity contribution in [2.45, 2.75) is 25.0 Å². The molecule has 2 atom stereocenters. The lowest BCUT2D eigenvalue weighted by Gasteiger charge is -2.23. The Labute approximate surface area is 179 Å². The van der Waals surface area contributed by atoms with E-state index in [0.717, 1.165) is 28.0 Å². The molecule has 0 saturated heterocycles. The molecule has 0 radical (unpaired) electrons. The first-order chi connectivity index (χ1) is 14.0. The Bertz CT molecular complexity index is 1040. The van der Waals surface area contributed by atoms with Crippen LogP contribution in [-0.2, 0) is 17.6 Å². The first-order valence-electron chi connectivity index (χ1n) is 9.25. The second-order valence-electron chi connectivity index (χ2n) is 6.94. The van der Waals surface area contributed by atoms with Gasteiger partial charge in [0.2, 0.25) is 0 Å². The summed E-state index contributed by atoms with van der Waals surface area (Å²) in [7, 11) is 0. The van der Waals surface area contributed by atoms with Gasteiger partial charge in [0.25, 0.3) is 0 Å². The van der Waals surface area contributed by atoms with Gasteiger partial charge in [-0.05, 0) is 29.3 Å². The van der Waals surface area contributed by atoms with E-state index in [9.17, 15) is 4.79 Å². The number of nitrogens with two attached hydrogens (primary N) is 1. The van der Waals surface area contributed by atoms with E-state index in [4.69, 9.17) is 38.4 Å². The predicted octanol–water partition coefficient (Wildman–Crippen LogP) is 5.67. The maximum Gasteiger partial charge on any atom is 0.404 e. The van der Waals surface area contributed by atoms with E-state index >= 15 is 0 Å². The zero-order valence-electron chi connectivity index (χ0n) is 15.5. The molecule has 4 rings (SSSR count). The third-order valence-corrected chi connectivity index (χ3v) is 5.53. The molecule has 1 aliphatic rings. The van der Waals surface area contributed by atoms with Crippen LogP contribution in [-0.4, -0.2) is 18.3 Å². The number of halogens is 2. The lowest BCUT2D eigenvalue weighted by atomic mass is 9.98. The van der Waals surface area contributed by atoms with Crippen LogP contribution >= 0.6 is 23.2 Å². The van der Waals surface area contributed by atoms with Crippen molar-refractivity contribution in [1.82, 2.24) is 0 Å². The number of amides is 1. The molecule has 3 aromatic carbocycles. The Morgan fingerprint density at radius 2 is 1.86 bits per heavy atom. The Hall–Kier alpha value is -2.69. The fourth-order valence-corrected chi connectivity index (χ4v) is 4.05. The molecule has 2 unspecified atom stereocenters. The highest BCUT2D eigenvalue weighted by molar-refractivity contribution is 6.35. The van der Waals surface area contributed by atoms with Crippen molar-refractivity contribution in [2.75, 3.05) is 0 Å². The molecule has 3 aromatic rings. The fraction of sp³-hybridized carbons (Fsp3) is 0.174. The molecule has 1 aliphatic heterocycles. The minimum absolute atomic E-state index is 0.350. The molecule has 148 valence electrons. The molecular formula is C23H19Cl2NO3. The summed E-state index contributed by atoms with van der Waals surface area (Å²) in [6.45, 7) is 0. The molecule has 0 bridgehead atoms. The van der Waals surface area contributed by atoms with E-state index in [0.29, 0.717) is 22.9 Å². The molecule has 0 fully saturated rings. The fourth-order valence-electron chi connectivity index (χ4n) is 3.66. The van der Waals surface area contributed by atoms with Crippen LogP contribution in [0.1, 0.15) is 11.1 Å². The molecule has 29 heavy (non-hydrogen) atoms. The topological polar surface area (TPSA) is 61.6 Å². The van der Waals surface area contributed by atoms with Gasteiger partial charge in [0.15, 0.2) is 0 Å². The van der Waals surface area contributed by atoms with Gasteiger partial charge in [-0.1, -0.05) is 71.7 Å². The van der Waals surface area contributed by atoms with Crippen LogP contribution in [0, 0.1) is 0 Å². The number of carbonyl (C=O) groups is 1. The second kappa shape index (κ2) is 8.36. The van der Waals surface area contributed by atoms with Gasteiger partial charge in [-0.3, -0.25) is 0 Å². The Kier molecular flexibility index (Phi) is 5.65. The summed E-state index contributed by atoms with van der Waals surface area (Å²) >= 11 is 12.6. The van der Waals surface area contributed by atoms with E-state index in [1.165, 1.54) is 0 Å². The van der Waals surface area contributed by atoms with Crippen molar-refractivity contribution < 1.29 is 14.3 Å². The number of carbonyl (C=O) groups excluding carboxylic acids is 1. The van der Waals surface area contributed by atoms with Crippen LogP contribution in [0.15, 0.2) is 66.7 Å². The molecule has 4 nitrogen and oxygen atoms in total. The monoisotopic (exact) mass is 427 g/mol. The van der Waals surface area contributed by atoms with Gasteiger partial charge < -0.3 is 15.2 Å².